The van der Waals surface area contributed by atoms with Gasteiger partial charge in [-0.15, -0.1) is 0 Å². The van der Waals surface area contributed by atoms with Crippen LogP contribution in [0.4, 0.5) is 0 Å². The Morgan fingerprint density at radius 3 is 2.33 bits per heavy atom. The predicted molar refractivity (Wildman–Crippen MR) is 24.3 cm³/mol. The minimum absolute atomic E-state index is 1.26. The zero-order valence-electron chi connectivity index (χ0n) is 4.01. The summed E-state index contributed by atoms with van der Waals surface area (Å²) in [7, 11) is 3.18. The molecule has 0 saturated carbocycles. The zero-order chi connectivity index (χ0) is 4.99. The summed E-state index contributed by atoms with van der Waals surface area (Å²) in [5.41, 5.74) is 0. The van der Waals surface area contributed by atoms with E-state index in [1.165, 1.54) is 12.3 Å². The second kappa shape index (κ2) is 2.66. The van der Waals surface area contributed by atoms with E-state index in [-0.39, 0.29) is 0 Å². The van der Waals surface area contributed by atoms with Crippen LogP contribution in [-0.2, 0) is 4.84 Å². The van der Waals surface area contributed by atoms with Crippen LogP contribution in [0.2, 0.25) is 0 Å². The number of nitrogens with zero attached hydrogens (tertiary/aromatic N) is 2. The summed E-state index contributed by atoms with van der Waals surface area (Å²) >= 11 is 0. The first-order valence-electron chi connectivity index (χ1n) is 1.55. The van der Waals surface area contributed by atoms with Crippen molar-refractivity contribution < 1.29 is 4.84 Å². The van der Waals surface area contributed by atoms with Crippen LogP contribution in [0.1, 0.15) is 0 Å². The van der Waals surface area contributed by atoms with E-state index >= 15 is 0 Å². The molecule has 0 aromatic heterocycles. The fourth-order valence-electron chi connectivity index (χ4n) is 0.0577. The molecule has 6 heavy (non-hydrogen) atoms. The maximum absolute atomic E-state index is 4.50. The van der Waals surface area contributed by atoms with Crippen molar-refractivity contribution in [2.45, 2.75) is 0 Å². The van der Waals surface area contributed by atoms with Gasteiger partial charge in [0, 0.05) is 6.72 Å². The molecule has 0 rings (SSSR count). The average Bonchev–Trinajstić information content (AvgIpc) is 1.65. The van der Waals surface area contributed by atoms with Crippen LogP contribution < -0.4 is 0 Å². The highest BCUT2D eigenvalue weighted by atomic mass is 16.7. The van der Waals surface area contributed by atoms with E-state index in [1.54, 1.807) is 7.05 Å². The molecule has 0 unspecified atom stereocenters. The van der Waals surface area contributed by atoms with E-state index in [0.29, 0.717) is 0 Å². The Morgan fingerprint density at radius 2 is 2.33 bits per heavy atom. The number of hydrogen-bond donors (Lipinski definition) is 0. The molecular formula is C3H8N2O. The molecule has 0 atom stereocenters. The van der Waals surface area contributed by atoms with Gasteiger partial charge in [0.2, 0.25) is 0 Å². The molecule has 0 spiro atoms. The summed E-state index contributed by atoms with van der Waals surface area (Å²) in [6.07, 6.45) is 0. The van der Waals surface area contributed by atoms with Crippen molar-refractivity contribution in [2.24, 2.45) is 5.10 Å². The van der Waals surface area contributed by atoms with Gasteiger partial charge in [0.05, 0.1) is 14.2 Å². The smallest absolute Gasteiger partial charge is 0.0657 e. The van der Waals surface area contributed by atoms with Gasteiger partial charge in [0.1, 0.15) is 0 Å². The molecule has 0 aromatic rings. The van der Waals surface area contributed by atoms with Crippen molar-refractivity contribution in [3.8, 4) is 0 Å². The second-order valence-corrected chi connectivity index (χ2v) is 0.788. The molecule has 3 nitrogen and oxygen atoms in total. The molecule has 0 aliphatic heterocycles. The second-order valence-electron chi connectivity index (χ2n) is 0.788. The Hall–Kier alpha value is -0.570. The third-order valence-electron chi connectivity index (χ3n) is 0.463. The van der Waals surface area contributed by atoms with Crippen LogP contribution in [0.25, 0.3) is 0 Å². The largest absolute Gasteiger partial charge is 0.260 e. The highest BCUT2D eigenvalue weighted by Gasteiger charge is 1.75. The molecule has 0 aliphatic rings. The normalized spacial score (nSPS) is 7.67. The third-order valence-corrected chi connectivity index (χ3v) is 0.463. The Labute approximate surface area is 37.2 Å². The molecule has 0 bridgehead atoms. The van der Waals surface area contributed by atoms with Crippen molar-refractivity contribution in [2.75, 3.05) is 14.2 Å². The van der Waals surface area contributed by atoms with Crippen LogP contribution >= 0.6 is 0 Å². The Kier molecular flexibility index (Phi) is 2.40. The molecule has 36 valence electrons. The van der Waals surface area contributed by atoms with E-state index in [2.05, 4.69) is 16.7 Å². The first-order valence-corrected chi connectivity index (χ1v) is 1.55. The van der Waals surface area contributed by atoms with Gasteiger partial charge in [-0.3, -0.25) is 4.84 Å². The van der Waals surface area contributed by atoms with Crippen molar-refractivity contribution in [3.63, 3.8) is 0 Å². The van der Waals surface area contributed by atoms with Crippen molar-refractivity contribution >= 4 is 6.72 Å². The summed E-state index contributed by atoms with van der Waals surface area (Å²) in [6.45, 7) is 3.18. The minimum atomic E-state index is 1.26. The van der Waals surface area contributed by atoms with Gasteiger partial charge in [0.25, 0.3) is 0 Å². The lowest BCUT2D eigenvalue weighted by Gasteiger charge is -2.04. The molecule has 3 heteroatoms. The molecule has 0 aliphatic carbocycles. The highest BCUT2D eigenvalue weighted by Crippen LogP contribution is 1.74. The van der Waals surface area contributed by atoms with Crippen LogP contribution in [0.15, 0.2) is 5.10 Å². The lowest BCUT2D eigenvalue weighted by Crippen LogP contribution is -2.06. The van der Waals surface area contributed by atoms with Crippen LogP contribution in [-0.4, -0.2) is 26.0 Å². The van der Waals surface area contributed by atoms with Gasteiger partial charge in [-0.1, -0.05) is 0 Å². The summed E-state index contributed by atoms with van der Waals surface area (Å²) in [5, 5.41) is 4.63. The third kappa shape index (κ3) is 1.72. The van der Waals surface area contributed by atoms with E-state index < -0.39 is 0 Å². The zero-order valence-corrected chi connectivity index (χ0v) is 4.01. The molecule has 0 amide bonds. The number of hydrogen-bond acceptors (Lipinski definition) is 3. The Bertz CT molecular complexity index is 46.1. The van der Waals surface area contributed by atoms with Crippen LogP contribution in [0.5, 0.6) is 0 Å². The molecule has 0 heterocycles. The maximum Gasteiger partial charge on any atom is 0.0657 e. The molecule has 0 fully saturated rings. The molecule has 0 radical (unpaired) electrons. The van der Waals surface area contributed by atoms with Gasteiger partial charge < -0.3 is 0 Å². The quantitative estimate of drug-likeness (QED) is 0.353. The first-order chi connectivity index (χ1) is 2.81. The first kappa shape index (κ1) is 5.43. The molecule has 0 saturated heterocycles. The topological polar surface area (TPSA) is 24.8 Å². The maximum atomic E-state index is 4.50. The standard InChI is InChI=1S/C3H8N2O/c1-4-5(2)6-3/h1H2,2-3H3. The monoisotopic (exact) mass is 88.1 g/mol. The summed E-state index contributed by atoms with van der Waals surface area (Å²) < 4.78 is 0. The molecule has 0 aromatic carbocycles. The van der Waals surface area contributed by atoms with Gasteiger partial charge in [0.15, 0.2) is 0 Å². The fraction of sp³-hybridized carbons (Fsp3) is 0.667. The van der Waals surface area contributed by atoms with Crippen LogP contribution in [0.3, 0.4) is 0 Å². The lowest BCUT2D eigenvalue weighted by atomic mass is 11.4. The van der Waals surface area contributed by atoms with E-state index in [9.17, 15) is 0 Å². The Balaban J connectivity index is 2.96. The van der Waals surface area contributed by atoms with Gasteiger partial charge in [-0.05, 0) is 0 Å². The minimum Gasteiger partial charge on any atom is -0.260 e. The SMILES string of the molecule is C=NN(C)OC. The van der Waals surface area contributed by atoms with Crippen molar-refractivity contribution in [1.82, 2.24) is 5.17 Å². The van der Waals surface area contributed by atoms with Gasteiger partial charge in [-0.2, -0.15) is 10.3 Å². The van der Waals surface area contributed by atoms with E-state index in [4.69, 9.17) is 0 Å². The van der Waals surface area contributed by atoms with E-state index in [0.717, 1.165) is 0 Å². The average molecular weight is 88.1 g/mol. The molecule has 0 N–H and O–H groups in total. The van der Waals surface area contributed by atoms with Crippen LogP contribution in [0, 0.1) is 0 Å². The van der Waals surface area contributed by atoms with Crippen molar-refractivity contribution in [1.29, 1.82) is 0 Å². The summed E-state index contributed by atoms with van der Waals surface area (Å²) in [4.78, 5) is 4.50. The van der Waals surface area contributed by atoms with E-state index in [1.807, 2.05) is 0 Å². The summed E-state index contributed by atoms with van der Waals surface area (Å²) in [5.74, 6) is 0. The van der Waals surface area contributed by atoms with Gasteiger partial charge >= 0.3 is 0 Å². The van der Waals surface area contributed by atoms with Gasteiger partial charge in [-0.25, -0.2) is 0 Å². The number of hydroxylamine groups is 1. The van der Waals surface area contributed by atoms with Crippen molar-refractivity contribution in [3.05, 3.63) is 0 Å². The molecular weight excluding hydrogens is 80.0 g/mol. The number of rotatable bonds is 2. The summed E-state index contributed by atoms with van der Waals surface area (Å²) in [6, 6.07) is 0. The fourth-order valence-corrected chi connectivity index (χ4v) is 0.0577. The predicted octanol–water partition coefficient (Wildman–Crippen LogP) is 0.0952. The lowest BCUT2D eigenvalue weighted by molar-refractivity contribution is -0.107. The number of hydrazone groups is 1. The Morgan fingerprint density at radius 1 is 1.83 bits per heavy atom. The highest BCUT2D eigenvalue weighted by molar-refractivity contribution is 5.21.